The number of β-amino-alcohol motifs (C(OH)–C–C–N with tert-alkyl or cyclic N) is 1. The Morgan fingerprint density at radius 1 is 1.31 bits per heavy atom. The molecule has 1 saturated heterocycles. The minimum absolute atomic E-state index is 0.116. The molecular formula is C20H27N5O4. The quantitative estimate of drug-likeness (QED) is 0.782. The van der Waals surface area contributed by atoms with Gasteiger partial charge in [-0.1, -0.05) is 24.5 Å². The Hall–Kier alpha value is -2.68. The zero-order valence-corrected chi connectivity index (χ0v) is 16.5. The molecule has 3 heterocycles. The number of likely N-dealkylation sites (tertiary alicyclic amines) is 1. The number of hydrogen-bond donors (Lipinski definition) is 2. The van der Waals surface area contributed by atoms with Crippen molar-refractivity contribution in [3.8, 4) is 11.5 Å². The van der Waals surface area contributed by atoms with Crippen molar-refractivity contribution in [2.45, 2.75) is 56.7 Å². The van der Waals surface area contributed by atoms with Crippen molar-refractivity contribution in [1.82, 2.24) is 25.2 Å². The van der Waals surface area contributed by atoms with Crippen molar-refractivity contribution in [1.29, 1.82) is 0 Å². The number of hydrogen-bond acceptors (Lipinski definition) is 6. The minimum atomic E-state index is -0.706. The number of likely N-dealkylation sites (N-methyl/N-ethyl adjacent to an activating group) is 1. The van der Waals surface area contributed by atoms with Gasteiger partial charge in [0.1, 0.15) is 17.8 Å². The molecule has 156 valence electrons. The Balaban J connectivity index is 1.65. The van der Waals surface area contributed by atoms with Gasteiger partial charge in [0.2, 0.25) is 11.8 Å². The third kappa shape index (κ3) is 3.91. The summed E-state index contributed by atoms with van der Waals surface area (Å²) in [5, 5.41) is 21.2. The van der Waals surface area contributed by atoms with Gasteiger partial charge in [0.05, 0.1) is 18.6 Å². The SMILES string of the molecule is CNC(=O)C1CC(O)CN1C(=O)[C@@H](C1CCCCC1)n1cc(-c2ccco2)nn1. The highest BCUT2D eigenvalue weighted by Gasteiger charge is 2.44. The second-order valence-electron chi connectivity index (χ2n) is 7.91. The van der Waals surface area contributed by atoms with Gasteiger partial charge in [-0.15, -0.1) is 5.10 Å². The Kier molecular flexibility index (Phi) is 5.66. The van der Waals surface area contributed by atoms with Gasteiger partial charge < -0.3 is 19.7 Å². The van der Waals surface area contributed by atoms with Crippen LogP contribution < -0.4 is 5.32 Å². The molecule has 2 N–H and O–H groups in total. The summed E-state index contributed by atoms with van der Waals surface area (Å²) < 4.78 is 7.01. The van der Waals surface area contributed by atoms with Crippen LogP contribution >= 0.6 is 0 Å². The summed E-state index contributed by atoms with van der Waals surface area (Å²) in [4.78, 5) is 27.5. The highest BCUT2D eigenvalue weighted by Crippen LogP contribution is 2.36. The van der Waals surface area contributed by atoms with Gasteiger partial charge in [-0.2, -0.15) is 0 Å². The number of furan rings is 1. The second-order valence-corrected chi connectivity index (χ2v) is 7.91. The molecule has 2 aromatic rings. The van der Waals surface area contributed by atoms with Gasteiger partial charge >= 0.3 is 0 Å². The maximum atomic E-state index is 13.6. The molecule has 0 spiro atoms. The van der Waals surface area contributed by atoms with E-state index >= 15 is 0 Å². The van der Waals surface area contributed by atoms with E-state index in [0.717, 1.165) is 32.1 Å². The number of carbonyl (C=O) groups excluding carboxylic acids is 2. The molecule has 1 saturated carbocycles. The molecule has 2 unspecified atom stereocenters. The summed E-state index contributed by atoms with van der Waals surface area (Å²) >= 11 is 0. The van der Waals surface area contributed by atoms with Crippen LogP contribution in [0.2, 0.25) is 0 Å². The second kappa shape index (κ2) is 8.36. The van der Waals surface area contributed by atoms with Crippen LogP contribution in [-0.4, -0.2) is 62.6 Å². The Labute approximate surface area is 169 Å². The lowest BCUT2D eigenvalue weighted by molar-refractivity contribution is -0.143. The molecule has 2 amide bonds. The van der Waals surface area contributed by atoms with Crippen molar-refractivity contribution in [2.75, 3.05) is 13.6 Å². The third-order valence-corrected chi connectivity index (χ3v) is 6.03. The van der Waals surface area contributed by atoms with Crippen molar-refractivity contribution in [3.63, 3.8) is 0 Å². The first-order valence-electron chi connectivity index (χ1n) is 10.2. The number of aromatic nitrogens is 3. The first-order chi connectivity index (χ1) is 14.1. The summed E-state index contributed by atoms with van der Waals surface area (Å²) in [5.74, 6) is 0.265. The maximum Gasteiger partial charge on any atom is 0.248 e. The third-order valence-electron chi connectivity index (χ3n) is 6.03. The predicted molar refractivity (Wildman–Crippen MR) is 104 cm³/mol. The van der Waals surface area contributed by atoms with E-state index in [0.29, 0.717) is 11.5 Å². The van der Waals surface area contributed by atoms with Crippen LogP contribution in [0.3, 0.4) is 0 Å². The van der Waals surface area contributed by atoms with E-state index in [1.807, 2.05) is 0 Å². The standard InChI is InChI=1S/C20H27N5O4/c1-21-19(27)16-10-14(26)11-24(16)20(28)18(13-6-3-2-4-7-13)25-12-15(22-23-25)17-8-5-9-29-17/h5,8-9,12-14,16,18,26H,2-4,6-7,10-11H2,1H3,(H,21,27)/t14?,16?,18-/m1/s1. The van der Waals surface area contributed by atoms with Crippen LogP contribution in [0, 0.1) is 5.92 Å². The molecule has 4 rings (SSSR count). The Morgan fingerprint density at radius 3 is 2.79 bits per heavy atom. The van der Waals surface area contributed by atoms with E-state index in [9.17, 15) is 14.7 Å². The zero-order valence-electron chi connectivity index (χ0n) is 16.5. The van der Waals surface area contributed by atoms with E-state index in [1.165, 1.54) is 4.90 Å². The average Bonchev–Trinajstić information content (AvgIpc) is 3.49. The van der Waals surface area contributed by atoms with Gasteiger partial charge in [-0.05, 0) is 30.9 Å². The summed E-state index contributed by atoms with van der Waals surface area (Å²) in [6.45, 7) is 0.153. The van der Waals surface area contributed by atoms with Crippen LogP contribution in [0.5, 0.6) is 0 Å². The highest BCUT2D eigenvalue weighted by atomic mass is 16.3. The topological polar surface area (TPSA) is 113 Å². The van der Waals surface area contributed by atoms with Gasteiger partial charge in [0.25, 0.3) is 0 Å². The molecule has 0 radical (unpaired) electrons. The van der Waals surface area contributed by atoms with Gasteiger partial charge in [0.15, 0.2) is 5.76 Å². The number of amides is 2. The molecule has 2 aromatic heterocycles. The number of aliphatic hydroxyl groups is 1. The van der Waals surface area contributed by atoms with Gasteiger partial charge in [-0.3, -0.25) is 9.59 Å². The van der Waals surface area contributed by atoms with Gasteiger partial charge in [-0.25, -0.2) is 4.68 Å². The molecule has 3 atom stereocenters. The number of rotatable bonds is 5. The molecule has 0 aromatic carbocycles. The largest absolute Gasteiger partial charge is 0.463 e. The molecule has 1 aliphatic carbocycles. The number of carbonyl (C=O) groups is 2. The number of aliphatic hydroxyl groups excluding tert-OH is 1. The van der Waals surface area contributed by atoms with E-state index in [2.05, 4.69) is 15.6 Å². The number of nitrogens with one attached hydrogen (secondary N) is 1. The monoisotopic (exact) mass is 401 g/mol. The van der Waals surface area contributed by atoms with Crippen LogP contribution in [0.15, 0.2) is 29.0 Å². The Bertz CT molecular complexity index is 843. The lowest BCUT2D eigenvalue weighted by atomic mass is 9.83. The van der Waals surface area contributed by atoms with Crippen LogP contribution in [0.4, 0.5) is 0 Å². The average molecular weight is 401 g/mol. The fraction of sp³-hybridized carbons (Fsp3) is 0.600. The minimum Gasteiger partial charge on any atom is -0.463 e. The van der Waals surface area contributed by atoms with Crippen molar-refractivity contribution in [3.05, 3.63) is 24.6 Å². The molecule has 2 fully saturated rings. The predicted octanol–water partition coefficient (Wildman–Crippen LogP) is 1.37. The van der Waals surface area contributed by atoms with E-state index < -0.39 is 18.2 Å². The molecule has 9 heteroatoms. The fourth-order valence-corrected chi connectivity index (χ4v) is 4.57. The fourth-order valence-electron chi connectivity index (χ4n) is 4.57. The first-order valence-corrected chi connectivity index (χ1v) is 10.2. The van der Waals surface area contributed by atoms with Crippen LogP contribution in [0.25, 0.3) is 11.5 Å². The number of nitrogens with zero attached hydrogens (tertiary/aromatic N) is 4. The molecular weight excluding hydrogens is 374 g/mol. The molecule has 9 nitrogen and oxygen atoms in total. The van der Waals surface area contributed by atoms with Crippen molar-refractivity contribution < 1.29 is 19.1 Å². The summed E-state index contributed by atoms with van der Waals surface area (Å²) in [6.07, 6.45) is 7.98. The maximum absolute atomic E-state index is 13.6. The lowest BCUT2D eigenvalue weighted by Crippen LogP contribution is -2.49. The molecule has 1 aliphatic heterocycles. The van der Waals surface area contributed by atoms with E-state index in [1.54, 1.807) is 36.3 Å². The summed E-state index contributed by atoms with van der Waals surface area (Å²) in [7, 11) is 1.54. The van der Waals surface area contributed by atoms with Crippen LogP contribution in [-0.2, 0) is 9.59 Å². The molecule has 0 bridgehead atoms. The van der Waals surface area contributed by atoms with Crippen molar-refractivity contribution in [2.24, 2.45) is 5.92 Å². The summed E-state index contributed by atoms with van der Waals surface area (Å²) in [6, 6.07) is 2.35. The first kappa shape index (κ1) is 19.6. The van der Waals surface area contributed by atoms with E-state index in [4.69, 9.17) is 4.42 Å². The van der Waals surface area contributed by atoms with Crippen molar-refractivity contribution >= 4 is 11.8 Å². The Morgan fingerprint density at radius 2 is 2.10 bits per heavy atom. The molecule has 29 heavy (non-hydrogen) atoms. The smallest absolute Gasteiger partial charge is 0.248 e. The van der Waals surface area contributed by atoms with Gasteiger partial charge in [0, 0.05) is 20.0 Å². The summed E-state index contributed by atoms with van der Waals surface area (Å²) in [5.41, 5.74) is 0.563. The lowest BCUT2D eigenvalue weighted by Gasteiger charge is -2.33. The zero-order chi connectivity index (χ0) is 20.4. The normalized spacial score (nSPS) is 23.9. The molecule has 2 aliphatic rings. The highest BCUT2D eigenvalue weighted by molar-refractivity contribution is 5.90. The van der Waals surface area contributed by atoms with E-state index in [-0.39, 0.29) is 30.7 Å². The van der Waals surface area contributed by atoms with Crippen LogP contribution in [0.1, 0.15) is 44.6 Å².